The van der Waals surface area contributed by atoms with Gasteiger partial charge >= 0.3 is 0 Å². The Balaban J connectivity index is 2.21. The van der Waals surface area contributed by atoms with Crippen molar-refractivity contribution in [2.24, 2.45) is 0 Å². The lowest BCUT2D eigenvalue weighted by Crippen LogP contribution is -2.38. The first-order chi connectivity index (χ1) is 9.53. The summed E-state index contributed by atoms with van der Waals surface area (Å²) in [7, 11) is 0. The number of hydrogen-bond acceptors (Lipinski definition) is 6. The van der Waals surface area contributed by atoms with Gasteiger partial charge in [-0.25, -0.2) is 4.68 Å². The summed E-state index contributed by atoms with van der Waals surface area (Å²) in [6, 6.07) is 0. The Kier molecular flexibility index (Phi) is 8.09. The molecule has 0 spiro atoms. The number of aromatic nitrogens is 4. The average Bonchev–Trinajstić information content (AvgIpc) is 2.80. The molecule has 7 heteroatoms. The van der Waals surface area contributed by atoms with E-state index in [1.165, 1.54) is 6.42 Å². The summed E-state index contributed by atoms with van der Waals surface area (Å²) in [6.45, 7) is 11.8. The van der Waals surface area contributed by atoms with Gasteiger partial charge in [0.15, 0.2) is 0 Å². The smallest absolute Gasteiger partial charge is 0.209 e. The molecule has 0 radical (unpaired) electrons. The van der Waals surface area contributed by atoms with E-state index in [0.717, 1.165) is 43.6 Å². The summed E-state index contributed by atoms with van der Waals surface area (Å²) < 4.78 is 7.37. The van der Waals surface area contributed by atoms with Crippen LogP contribution in [0.15, 0.2) is 5.16 Å². The Morgan fingerprint density at radius 2 is 2.10 bits per heavy atom. The number of rotatable bonds is 10. The van der Waals surface area contributed by atoms with E-state index in [2.05, 4.69) is 48.5 Å². The topological polar surface area (TPSA) is 64.9 Å². The molecule has 0 amide bonds. The van der Waals surface area contributed by atoms with E-state index in [1.807, 2.05) is 4.68 Å². The highest BCUT2D eigenvalue weighted by molar-refractivity contribution is 7.99. The molecule has 0 saturated carbocycles. The normalized spacial score (nSPS) is 12.0. The van der Waals surface area contributed by atoms with Crippen LogP contribution in [0.4, 0.5) is 0 Å². The zero-order valence-electron chi connectivity index (χ0n) is 13.1. The van der Waals surface area contributed by atoms with Crippen LogP contribution in [0.3, 0.4) is 0 Å². The van der Waals surface area contributed by atoms with Gasteiger partial charge in [0, 0.05) is 24.4 Å². The lowest BCUT2D eigenvalue weighted by Gasteiger charge is -2.20. The molecule has 20 heavy (non-hydrogen) atoms. The summed E-state index contributed by atoms with van der Waals surface area (Å²) in [4.78, 5) is 0. The molecule has 0 fully saturated rings. The van der Waals surface area contributed by atoms with Crippen molar-refractivity contribution >= 4 is 11.8 Å². The summed E-state index contributed by atoms with van der Waals surface area (Å²) in [5.74, 6) is 0.886. The Morgan fingerprint density at radius 1 is 1.30 bits per heavy atom. The van der Waals surface area contributed by atoms with E-state index in [9.17, 15) is 0 Å². The number of unbranched alkanes of at least 4 members (excludes halogenated alkanes) is 1. The highest BCUT2D eigenvalue weighted by Crippen LogP contribution is 2.13. The molecule has 1 heterocycles. The van der Waals surface area contributed by atoms with Crippen LogP contribution < -0.4 is 5.32 Å². The molecule has 0 unspecified atom stereocenters. The van der Waals surface area contributed by atoms with Crippen molar-refractivity contribution in [1.82, 2.24) is 25.5 Å². The van der Waals surface area contributed by atoms with Crippen LogP contribution in [0.1, 0.15) is 40.5 Å². The van der Waals surface area contributed by atoms with Gasteiger partial charge in [-0.05, 0) is 37.6 Å². The second-order valence-electron chi connectivity index (χ2n) is 5.68. The molecule has 116 valence electrons. The van der Waals surface area contributed by atoms with E-state index < -0.39 is 0 Å². The zero-order chi connectivity index (χ0) is 14.8. The summed E-state index contributed by atoms with van der Waals surface area (Å²) >= 11 is 1.64. The number of ether oxygens (including phenoxy) is 1. The van der Waals surface area contributed by atoms with Gasteiger partial charge in [-0.3, -0.25) is 0 Å². The molecule has 6 nitrogen and oxygen atoms in total. The Bertz CT molecular complexity index is 364. The number of tetrazole rings is 1. The lowest BCUT2D eigenvalue weighted by molar-refractivity contribution is 0.147. The van der Waals surface area contributed by atoms with Crippen LogP contribution in [0, 0.1) is 0 Å². The first-order valence-electron chi connectivity index (χ1n) is 7.24. The number of nitrogens with zero attached hydrogens (tertiary/aromatic N) is 4. The fourth-order valence-electron chi connectivity index (χ4n) is 1.52. The Morgan fingerprint density at radius 3 is 2.80 bits per heavy atom. The number of thioether (sulfide) groups is 1. The fourth-order valence-corrected chi connectivity index (χ4v) is 2.27. The van der Waals surface area contributed by atoms with Crippen molar-refractivity contribution in [2.45, 2.75) is 57.8 Å². The van der Waals surface area contributed by atoms with Crippen molar-refractivity contribution in [3.63, 3.8) is 0 Å². The van der Waals surface area contributed by atoms with E-state index in [4.69, 9.17) is 4.74 Å². The molecule has 0 aliphatic rings. The van der Waals surface area contributed by atoms with Crippen LogP contribution in [-0.4, -0.2) is 51.3 Å². The molecule has 0 aromatic carbocycles. The van der Waals surface area contributed by atoms with Gasteiger partial charge in [0.1, 0.15) is 0 Å². The van der Waals surface area contributed by atoms with Crippen molar-refractivity contribution in [3.05, 3.63) is 0 Å². The van der Waals surface area contributed by atoms with Crippen LogP contribution >= 0.6 is 11.8 Å². The third-order valence-corrected chi connectivity index (χ3v) is 3.50. The summed E-state index contributed by atoms with van der Waals surface area (Å²) in [5.41, 5.74) is 0.119. The minimum Gasteiger partial charge on any atom is -0.381 e. The first-order valence-corrected chi connectivity index (χ1v) is 8.23. The Labute approximate surface area is 126 Å². The average molecular weight is 301 g/mol. The molecule has 1 aromatic heterocycles. The second-order valence-corrected chi connectivity index (χ2v) is 6.74. The molecule has 0 saturated heterocycles. The molecule has 1 rings (SSSR count). The first kappa shape index (κ1) is 17.4. The quantitative estimate of drug-likeness (QED) is 0.526. The monoisotopic (exact) mass is 301 g/mol. The van der Waals surface area contributed by atoms with Crippen LogP contribution in [0.2, 0.25) is 0 Å². The molecule has 0 bridgehead atoms. The van der Waals surface area contributed by atoms with Gasteiger partial charge in [0.05, 0.1) is 13.2 Å². The van der Waals surface area contributed by atoms with Crippen molar-refractivity contribution in [3.8, 4) is 0 Å². The predicted molar refractivity (Wildman–Crippen MR) is 82.0 cm³/mol. The molecule has 0 atom stereocenters. The highest BCUT2D eigenvalue weighted by atomic mass is 32.2. The van der Waals surface area contributed by atoms with Gasteiger partial charge in [0.25, 0.3) is 0 Å². The van der Waals surface area contributed by atoms with Crippen LogP contribution in [-0.2, 0) is 11.3 Å². The van der Waals surface area contributed by atoms with Crippen LogP contribution in [0.5, 0.6) is 0 Å². The van der Waals surface area contributed by atoms with Gasteiger partial charge in [0.2, 0.25) is 5.16 Å². The fraction of sp³-hybridized carbons (Fsp3) is 0.923. The summed E-state index contributed by atoms with van der Waals surface area (Å²) in [5, 5.41) is 16.1. The molecule has 1 N–H and O–H groups in total. The van der Waals surface area contributed by atoms with E-state index >= 15 is 0 Å². The largest absolute Gasteiger partial charge is 0.381 e. The van der Waals surface area contributed by atoms with Gasteiger partial charge in [-0.1, -0.05) is 25.1 Å². The summed E-state index contributed by atoms with van der Waals surface area (Å²) in [6.07, 6.45) is 2.30. The van der Waals surface area contributed by atoms with Crippen molar-refractivity contribution in [1.29, 1.82) is 0 Å². The standard InChI is InChI=1S/C13H27N5OS/c1-5-6-9-19-10-11-20-12-15-16-17-18(12)8-7-14-13(2,3)4/h14H,5-11H2,1-4H3. The lowest BCUT2D eigenvalue weighted by atomic mass is 10.1. The van der Waals surface area contributed by atoms with E-state index in [1.54, 1.807) is 11.8 Å². The molecule has 0 aliphatic carbocycles. The maximum Gasteiger partial charge on any atom is 0.209 e. The minimum absolute atomic E-state index is 0.119. The number of nitrogens with one attached hydrogen (secondary N) is 1. The molecular weight excluding hydrogens is 274 g/mol. The third-order valence-electron chi connectivity index (χ3n) is 2.58. The Hall–Kier alpha value is -0.660. The minimum atomic E-state index is 0.119. The maximum absolute atomic E-state index is 5.53. The molecule has 0 aliphatic heterocycles. The van der Waals surface area contributed by atoms with Gasteiger partial charge in [-0.2, -0.15) is 0 Å². The van der Waals surface area contributed by atoms with Crippen molar-refractivity contribution < 1.29 is 4.74 Å². The maximum atomic E-state index is 5.53. The van der Waals surface area contributed by atoms with E-state index in [0.29, 0.717) is 0 Å². The second kappa shape index (κ2) is 9.31. The SMILES string of the molecule is CCCCOCCSc1nnnn1CCNC(C)(C)C. The highest BCUT2D eigenvalue weighted by Gasteiger charge is 2.10. The molecule has 1 aromatic rings. The van der Waals surface area contributed by atoms with Crippen LogP contribution in [0.25, 0.3) is 0 Å². The van der Waals surface area contributed by atoms with Crippen molar-refractivity contribution in [2.75, 3.05) is 25.5 Å². The number of hydrogen-bond donors (Lipinski definition) is 1. The van der Waals surface area contributed by atoms with Gasteiger partial charge < -0.3 is 10.1 Å². The van der Waals surface area contributed by atoms with Gasteiger partial charge in [-0.15, -0.1) is 5.10 Å². The zero-order valence-corrected chi connectivity index (χ0v) is 13.9. The predicted octanol–water partition coefficient (Wildman–Crippen LogP) is 1.97. The molecular formula is C13H27N5OS. The third kappa shape index (κ3) is 7.81. The van der Waals surface area contributed by atoms with E-state index in [-0.39, 0.29) is 5.54 Å².